The fraction of sp³-hybridized carbons (Fsp3) is 0.263. The van der Waals surface area contributed by atoms with Crippen molar-refractivity contribution in [2.75, 3.05) is 6.54 Å². The predicted octanol–water partition coefficient (Wildman–Crippen LogP) is 4.59. The Bertz CT molecular complexity index is 987. The fourth-order valence-electron chi connectivity index (χ4n) is 3.52. The Morgan fingerprint density at radius 1 is 1.14 bits per heavy atom. The van der Waals surface area contributed by atoms with Gasteiger partial charge in [0.25, 0.3) is 0 Å². The molecule has 2 heterocycles. The Balaban J connectivity index is 1.89. The number of hydrogen-bond donors (Lipinski definition) is 2. The number of amidine groups is 1. The van der Waals surface area contributed by atoms with Crippen LogP contribution in [-0.4, -0.2) is 28.7 Å². The average Bonchev–Trinajstić information content (AvgIpc) is 3.08. The molecule has 0 radical (unpaired) electrons. The molecule has 2 aliphatic heterocycles. The van der Waals surface area contributed by atoms with Crippen LogP contribution in [0.25, 0.3) is 0 Å². The lowest BCUT2D eigenvalue weighted by Crippen LogP contribution is -2.44. The van der Waals surface area contributed by atoms with Crippen molar-refractivity contribution < 1.29 is 18.3 Å². The van der Waals surface area contributed by atoms with Gasteiger partial charge in [-0.2, -0.15) is 0 Å². The lowest BCUT2D eigenvalue weighted by molar-refractivity contribution is -0.286. The molecule has 146 valence electrons. The van der Waals surface area contributed by atoms with Gasteiger partial charge in [0.15, 0.2) is 16.6 Å². The van der Waals surface area contributed by atoms with Gasteiger partial charge in [0.2, 0.25) is 0 Å². The van der Waals surface area contributed by atoms with Gasteiger partial charge in [0.05, 0.1) is 0 Å². The second-order valence-electron chi connectivity index (χ2n) is 6.52. The number of hydrogen-bond acceptors (Lipinski definition) is 4. The molecule has 0 aromatic heterocycles. The summed E-state index contributed by atoms with van der Waals surface area (Å²) in [4.78, 5) is 1.72. The van der Waals surface area contributed by atoms with Crippen LogP contribution in [0.15, 0.2) is 46.9 Å². The summed E-state index contributed by atoms with van der Waals surface area (Å²) in [7, 11) is 0. The van der Waals surface area contributed by atoms with E-state index in [9.17, 15) is 8.78 Å². The number of rotatable bonds is 4. The van der Waals surface area contributed by atoms with Crippen molar-refractivity contribution in [3.05, 3.63) is 58.1 Å². The first-order valence-corrected chi connectivity index (χ1v) is 9.82. The minimum atomic E-state index is -3.70. The SMILES string of the molecule is CCCN1C(=N)C(c2cccc(Br)c2)(c2ccc3c(c2)OC(F)(F)O3)NC1=S. The quantitative estimate of drug-likeness (QED) is 0.643. The van der Waals surface area contributed by atoms with Crippen molar-refractivity contribution in [2.24, 2.45) is 0 Å². The van der Waals surface area contributed by atoms with Gasteiger partial charge in [-0.25, -0.2) is 0 Å². The summed E-state index contributed by atoms with van der Waals surface area (Å²) in [6, 6.07) is 12.0. The molecular weight excluding hydrogens is 452 g/mol. The van der Waals surface area contributed by atoms with E-state index in [1.807, 2.05) is 31.2 Å². The Morgan fingerprint density at radius 3 is 2.57 bits per heavy atom. The molecule has 1 saturated heterocycles. The van der Waals surface area contributed by atoms with Crippen LogP contribution in [0.1, 0.15) is 24.5 Å². The van der Waals surface area contributed by atoms with Crippen molar-refractivity contribution in [1.29, 1.82) is 5.41 Å². The van der Waals surface area contributed by atoms with E-state index in [4.69, 9.17) is 17.6 Å². The lowest BCUT2D eigenvalue weighted by Gasteiger charge is -2.31. The van der Waals surface area contributed by atoms with Gasteiger partial charge < -0.3 is 19.7 Å². The van der Waals surface area contributed by atoms with E-state index in [-0.39, 0.29) is 17.3 Å². The summed E-state index contributed by atoms with van der Waals surface area (Å²) >= 11 is 8.95. The summed E-state index contributed by atoms with van der Waals surface area (Å²) < 4.78 is 36.9. The summed E-state index contributed by atoms with van der Waals surface area (Å²) in [5, 5.41) is 12.6. The van der Waals surface area contributed by atoms with Gasteiger partial charge in [0.1, 0.15) is 11.4 Å². The second-order valence-corrected chi connectivity index (χ2v) is 7.82. The van der Waals surface area contributed by atoms with Crippen LogP contribution in [0, 0.1) is 5.41 Å². The Labute approximate surface area is 174 Å². The summed E-state index contributed by atoms with van der Waals surface area (Å²) in [6.07, 6.45) is -2.91. The van der Waals surface area contributed by atoms with Gasteiger partial charge in [-0.15, -0.1) is 8.78 Å². The highest BCUT2D eigenvalue weighted by atomic mass is 79.9. The van der Waals surface area contributed by atoms with Gasteiger partial charge in [-0.05, 0) is 54.0 Å². The van der Waals surface area contributed by atoms with E-state index in [0.29, 0.717) is 17.2 Å². The molecule has 0 aliphatic carbocycles. The van der Waals surface area contributed by atoms with Crippen LogP contribution in [0.3, 0.4) is 0 Å². The van der Waals surface area contributed by atoms with Gasteiger partial charge in [-0.3, -0.25) is 5.41 Å². The van der Waals surface area contributed by atoms with Crippen molar-refractivity contribution in [2.45, 2.75) is 25.2 Å². The molecule has 2 aliphatic rings. The molecule has 28 heavy (non-hydrogen) atoms. The maximum Gasteiger partial charge on any atom is 0.586 e. The van der Waals surface area contributed by atoms with E-state index in [0.717, 1.165) is 16.5 Å². The minimum Gasteiger partial charge on any atom is -0.395 e. The van der Waals surface area contributed by atoms with Gasteiger partial charge in [0, 0.05) is 11.0 Å². The van der Waals surface area contributed by atoms with E-state index in [2.05, 4.69) is 30.7 Å². The van der Waals surface area contributed by atoms with Crippen molar-refractivity contribution in [3.63, 3.8) is 0 Å². The van der Waals surface area contributed by atoms with Crippen LogP contribution in [0.2, 0.25) is 0 Å². The first kappa shape index (κ1) is 19.1. The molecule has 0 spiro atoms. The van der Waals surface area contributed by atoms with Crippen LogP contribution in [0.5, 0.6) is 11.5 Å². The Hall–Kier alpha value is -2.26. The third kappa shape index (κ3) is 2.93. The number of halogens is 3. The number of fused-ring (bicyclic) bond motifs is 1. The molecule has 1 fully saturated rings. The third-order valence-electron chi connectivity index (χ3n) is 4.70. The van der Waals surface area contributed by atoms with Crippen LogP contribution < -0.4 is 14.8 Å². The highest BCUT2D eigenvalue weighted by Crippen LogP contribution is 2.45. The fourth-order valence-corrected chi connectivity index (χ4v) is 4.25. The molecule has 5 nitrogen and oxygen atoms in total. The molecule has 9 heteroatoms. The summed E-state index contributed by atoms with van der Waals surface area (Å²) in [6.45, 7) is 2.57. The van der Waals surface area contributed by atoms with Crippen LogP contribution in [-0.2, 0) is 5.54 Å². The molecule has 2 N–H and O–H groups in total. The third-order valence-corrected chi connectivity index (χ3v) is 5.52. The molecule has 0 bridgehead atoms. The summed E-state index contributed by atoms with van der Waals surface area (Å²) in [5.41, 5.74) is 0.168. The number of nitrogens with zero attached hydrogens (tertiary/aromatic N) is 1. The standard InChI is InChI=1S/C19H16BrF2N3O2S/c1-2-8-25-16(23)18(24-17(25)28,11-4-3-5-13(20)9-11)12-6-7-14-15(10-12)27-19(21,22)26-14/h3-7,9-10,23H,2,8H2,1H3,(H,24,28). The smallest absolute Gasteiger partial charge is 0.395 e. The summed E-state index contributed by atoms with van der Waals surface area (Å²) in [5.74, 6) is 0.102. The van der Waals surface area contributed by atoms with Crippen molar-refractivity contribution >= 4 is 39.1 Å². The molecule has 4 rings (SSSR count). The number of ether oxygens (including phenoxy) is 2. The first-order valence-electron chi connectivity index (χ1n) is 8.62. The van der Waals surface area contributed by atoms with E-state index in [1.165, 1.54) is 12.1 Å². The van der Waals surface area contributed by atoms with E-state index >= 15 is 0 Å². The molecular formula is C19H16BrF2N3O2S. The monoisotopic (exact) mass is 467 g/mol. The largest absolute Gasteiger partial charge is 0.586 e. The topological polar surface area (TPSA) is 57.6 Å². The van der Waals surface area contributed by atoms with Gasteiger partial charge in [-0.1, -0.05) is 41.1 Å². The molecule has 2 aromatic rings. The zero-order valence-corrected chi connectivity index (χ0v) is 17.2. The molecule has 0 saturated carbocycles. The van der Waals surface area contributed by atoms with Gasteiger partial charge >= 0.3 is 6.29 Å². The maximum atomic E-state index is 13.5. The number of alkyl halides is 2. The molecule has 0 amide bonds. The highest BCUT2D eigenvalue weighted by molar-refractivity contribution is 9.10. The van der Waals surface area contributed by atoms with E-state index < -0.39 is 11.8 Å². The molecule has 1 atom stereocenters. The highest BCUT2D eigenvalue weighted by Gasteiger charge is 2.50. The normalized spacial score (nSPS) is 22.5. The predicted molar refractivity (Wildman–Crippen MR) is 108 cm³/mol. The van der Waals surface area contributed by atoms with E-state index in [1.54, 1.807) is 11.0 Å². The number of nitrogens with one attached hydrogen (secondary N) is 2. The van der Waals surface area contributed by atoms with Crippen LogP contribution in [0.4, 0.5) is 8.78 Å². The second kappa shape index (κ2) is 6.66. The zero-order chi connectivity index (χ0) is 20.1. The van der Waals surface area contributed by atoms with Crippen molar-refractivity contribution in [3.8, 4) is 11.5 Å². The van der Waals surface area contributed by atoms with Crippen molar-refractivity contribution in [1.82, 2.24) is 10.2 Å². The molecule has 1 unspecified atom stereocenters. The molecule has 2 aromatic carbocycles. The number of benzene rings is 2. The first-order chi connectivity index (χ1) is 13.3. The Kier molecular flexibility index (Phi) is 4.54. The minimum absolute atomic E-state index is 0.0457. The number of thiocarbonyl (C=S) groups is 1. The van der Waals surface area contributed by atoms with Crippen LogP contribution >= 0.6 is 28.1 Å². The zero-order valence-electron chi connectivity index (χ0n) is 14.8. The lowest BCUT2D eigenvalue weighted by atomic mass is 9.82. The maximum absolute atomic E-state index is 13.5. The Morgan fingerprint density at radius 2 is 1.86 bits per heavy atom. The average molecular weight is 468 g/mol.